The maximum Gasteiger partial charge on any atom is 0.159 e. The smallest absolute Gasteiger partial charge is 0.159 e. The van der Waals surface area contributed by atoms with Crippen molar-refractivity contribution >= 4 is 11.6 Å². The predicted octanol–water partition coefficient (Wildman–Crippen LogP) is 15.5. The molecule has 294 valence electrons. The lowest BCUT2D eigenvalue weighted by Gasteiger charge is -2.22. The standard InChI is InChI=1S/C9H10O.C8H16.C8H10.C7H14.C7H10.C4H8O.C4H6.C3H8/c1-7-3-5-9(6-4-7)8(2)10;2*1-7-3-5-8(2)6-4-7;1-6-3-4-7(2)5-6;1-6-4-3-5-7(6)2;1-3-4(2)5;1-3-4-2;1-3-2/h3-6H,1-2H3;7-8H,3-6H2,1-2H3;3-6H,1-2H3;6-7H,3-5H2,1-2H3;4-5H,3H2,1-2H3;3H2,1-2H3;1-2H3;3H2,1-2H3. The molecule has 2 heteroatoms. The third kappa shape index (κ3) is 35.2. The van der Waals surface area contributed by atoms with Crippen LogP contribution in [-0.2, 0) is 4.79 Å². The van der Waals surface area contributed by atoms with Crippen LogP contribution in [0.1, 0.15) is 181 Å². The van der Waals surface area contributed by atoms with Gasteiger partial charge in [-0.15, -0.1) is 11.8 Å². The normalized spacial score (nSPS) is 18.9. The second kappa shape index (κ2) is 34.9. The van der Waals surface area contributed by atoms with Crippen LogP contribution >= 0.6 is 0 Å². The Kier molecular flexibility index (Phi) is 35.7. The van der Waals surface area contributed by atoms with Gasteiger partial charge in [0.05, 0.1) is 0 Å². The van der Waals surface area contributed by atoms with Gasteiger partial charge in [-0.1, -0.05) is 182 Å². The lowest BCUT2D eigenvalue weighted by Crippen LogP contribution is -2.08. The molecule has 2 saturated carbocycles. The first-order chi connectivity index (χ1) is 24.5. The Morgan fingerprint density at radius 1 is 0.558 bits per heavy atom. The van der Waals surface area contributed by atoms with Crippen molar-refractivity contribution in [2.45, 2.75) is 175 Å². The zero-order valence-electron chi connectivity index (χ0n) is 37.0. The first kappa shape index (κ1) is 53.2. The first-order valence-electron chi connectivity index (χ1n) is 20.2. The van der Waals surface area contributed by atoms with Gasteiger partial charge in [-0.3, -0.25) is 4.79 Å². The van der Waals surface area contributed by atoms with Crippen LogP contribution in [0.3, 0.4) is 0 Å². The summed E-state index contributed by atoms with van der Waals surface area (Å²) in [4.78, 5) is 20.6. The minimum absolute atomic E-state index is 0.125. The van der Waals surface area contributed by atoms with E-state index in [1.54, 1.807) is 13.8 Å². The molecule has 2 atom stereocenters. The van der Waals surface area contributed by atoms with E-state index >= 15 is 0 Å². The van der Waals surface area contributed by atoms with E-state index in [0.29, 0.717) is 6.42 Å². The Morgan fingerprint density at radius 3 is 1.00 bits per heavy atom. The van der Waals surface area contributed by atoms with Crippen LogP contribution in [-0.4, -0.2) is 11.6 Å². The molecule has 3 aliphatic carbocycles. The van der Waals surface area contributed by atoms with Crippen molar-refractivity contribution < 1.29 is 9.59 Å². The first-order valence-corrected chi connectivity index (χ1v) is 20.2. The second-order valence-corrected chi connectivity index (χ2v) is 15.2. The number of Topliss-reactive ketones (excluding diaryl/α,β-unsaturated/α-hetero) is 2. The molecule has 2 fully saturated rings. The summed E-state index contributed by atoms with van der Waals surface area (Å²) >= 11 is 0. The number of aryl methyl sites for hydroxylation is 3. The van der Waals surface area contributed by atoms with Gasteiger partial charge in [0.25, 0.3) is 0 Å². The quantitative estimate of drug-likeness (QED) is 0.229. The molecule has 0 bridgehead atoms. The summed E-state index contributed by atoms with van der Waals surface area (Å²) in [5.74, 6) is 9.83. The summed E-state index contributed by atoms with van der Waals surface area (Å²) in [6.07, 6.45) is 17.9. The summed E-state index contributed by atoms with van der Waals surface area (Å²) in [7, 11) is 0. The van der Waals surface area contributed by atoms with Gasteiger partial charge in [-0.05, 0) is 98.8 Å². The molecule has 0 aliphatic heterocycles. The van der Waals surface area contributed by atoms with Gasteiger partial charge in [0.15, 0.2) is 5.78 Å². The lowest BCUT2D eigenvalue weighted by atomic mass is 9.84. The van der Waals surface area contributed by atoms with E-state index in [1.165, 1.54) is 79.2 Å². The van der Waals surface area contributed by atoms with Crippen LogP contribution in [0.15, 0.2) is 71.8 Å². The zero-order valence-corrected chi connectivity index (χ0v) is 37.0. The molecule has 2 aromatic rings. The third-order valence-corrected chi connectivity index (χ3v) is 9.16. The van der Waals surface area contributed by atoms with Crippen molar-refractivity contribution in [1.29, 1.82) is 0 Å². The molecular weight excluding hydrogens is 633 g/mol. The monoisotopic (exact) mass is 715 g/mol. The Labute approximate surface area is 324 Å². The van der Waals surface area contributed by atoms with Gasteiger partial charge in [0.2, 0.25) is 0 Å². The molecule has 0 N–H and O–H groups in total. The second-order valence-electron chi connectivity index (χ2n) is 15.2. The number of ketones is 2. The SMILES string of the molecule is CC#CC.CC(=O)c1ccc(C)cc1.CC1=CCC=C1C.CC1CCC(C)C1.CC1CCC(C)CC1.CCC.CCC(C)=O.Cc1ccc(C)cc1. The number of rotatable bonds is 2. The molecule has 0 saturated heterocycles. The van der Waals surface area contributed by atoms with E-state index in [1.807, 2.05) is 52.0 Å². The van der Waals surface area contributed by atoms with E-state index in [4.69, 9.17) is 0 Å². The van der Waals surface area contributed by atoms with Gasteiger partial charge in [-0.2, -0.15) is 0 Å². The minimum Gasteiger partial charge on any atom is -0.300 e. The molecule has 2 aromatic carbocycles. The zero-order chi connectivity index (χ0) is 40.5. The molecule has 5 rings (SSSR count). The highest BCUT2D eigenvalue weighted by Gasteiger charge is 2.16. The Balaban J connectivity index is -0.000000540. The van der Waals surface area contributed by atoms with Crippen molar-refractivity contribution in [2.75, 3.05) is 0 Å². The van der Waals surface area contributed by atoms with Crippen LogP contribution in [0.4, 0.5) is 0 Å². The fraction of sp³-hybridized carbons (Fsp3) is 0.600. The molecule has 2 nitrogen and oxygen atoms in total. The number of benzene rings is 2. The number of hydrogen-bond donors (Lipinski definition) is 0. The van der Waals surface area contributed by atoms with Crippen molar-refractivity contribution in [3.63, 3.8) is 0 Å². The molecule has 0 spiro atoms. The summed E-state index contributed by atoms with van der Waals surface area (Å²) < 4.78 is 0. The molecule has 52 heavy (non-hydrogen) atoms. The minimum atomic E-state index is 0.125. The Hall–Kier alpha value is -3.18. The molecule has 0 heterocycles. The van der Waals surface area contributed by atoms with Gasteiger partial charge in [0.1, 0.15) is 5.78 Å². The van der Waals surface area contributed by atoms with E-state index in [2.05, 4.69) is 117 Å². The topological polar surface area (TPSA) is 34.1 Å². The summed E-state index contributed by atoms with van der Waals surface area (Å²) in [5.41, 5.74) is 7.52. The number of carbonyl (C=O) groups excluding carboxylic acids is 2. The van der Waals surface area contributed by atoms with Crippen molar-refractivity contribution in [3.8, 4) is 11.8 Å². The Morgan fingerprint density at radius 2 is 0.827 bits per heavy atom. The largest absolute Gasteiger partial charge is 0.300 e. The van der Waals surface area contributed by atoms with Crippen LogP contribution in [0.5, 0.6) is 0 Å². The van der Waals surface area contributed by atoms with Crippen LogP contribution in [0.25, 0.3) is 0 Å². The predicted molar refractivity (Wildman–Crippen MR) is 234 cm³/mol. The summed E-state index contributed by atoms with van der Waals surface area (Å²) in [6.45, 7) is 32.8. The average molecular weight is 715 g/mol. The van der Waals surface area contributed by atoms with Gasteiger partial charge in [0, 0.05) is 12.0 Å². The van der Waals surface area contributed by atoms with E-state index < -0.39 is 0 Å². The highest BCUT2D eigenvalue weighted by atomic mass is 16.1. The third-order valence-electron chi connectivity index (χ3n) is 9.16. The number of carbonyl (C=O) groups is 2. The maximum atomic E-state index is 10.8. The van der Waals surface area contributed by atoms with Crippen molar-refractivity contribution in [3.05, 3.63) is 94.1 Å². The van der Waals surface area contributed by atoms with Crippen molar-refractivity contribution in [1.82, 2.24) is 0 Å². The molecule has 0 amide bonds. The summed E-state index contributed by atoms with van der Waals surface area (Å²) in [6, 6.07) is 16.1. The molecule has 0 radical (unpaired) electrons. The van der Waals surface area contributed by atoms with Gasteiger partial charge in [-0.25, -0.2) is 0 Å². The highest BCUT2D eigenvalue weighted by molar-refractivity contribution is 5.93. The maximum absolute atomic E-state index is 10.8. The number of allylic oxidation sites excluding steroid dienone is 4. The number of hydrogen-bond acceptors (Lipinski definition) is 2. The highest BCUT2D eigenvalue weighted by Crippen LogP contribution is 2.29. The van der Waals surface area contributed by atoms with Gasteiger partial charge >= 0.3 is 0 Å². The van der Waals surface area contributed by atoms with E-state index in [-0.39, 0.29) is 11.6 Å². The van der Waals surface area contributed by atoms with E-state index in [0.717, 1.165) is 35.7 Å². The molecule has 3 aliphatic rings. The van der Waals surface area contributed by atoms with Crippen molar-refractivity contribution in [2.24, 2.45) is 23.7 Å². The fourth-order valence-electron chi connectivity index (χ4n) is 5.08. The average Bonchev–Trinajstić information content (AvgIpc) is 3.69. The fourth-order valence-corrected chi connectivity index (χ4v) is 5.08. The van der Waals surface area contributed by atoms with E-state index in [9.17, 15) is 9.59 Å². The van der Waals surface area contributed by atoms with Crippen LogP contribution in [0.2, 0.25) is 0 Å². The van der Waals surface area contributed by atoms with Gasteiger partial charge < -0.3 is 4.79 Å². The van der Waals surface area contributed by atoms with Crippen LogP contribution in [0, 0.1) is 56.3 Å². The molecule has 0 aromatic heterocycles. The molecular formula is C50H82O2. The summed E-state index contributed by atoms with van der Waals surface area (Å²) in [5, 5.41) is 0. The Bertz CT molecular complexity index is 1210. The molecule has 2 unspecified atom stereocenters. The van der Waals surface area contributed by atoms with Crippen LogP contribution < -0.4 is 0 Å². The lowest BCUT2D eigenvalue weighted by molar-refractivity contribution is -0.116.